The van der Waals surface area contributed by atoms with Crippen molar-refractivity contribution in [2.75, 3.05) is 18.1 Å². The van der Waals surface area contributed by atoms with Gasteiger partial charge in [0.15, 0.2) is 41.0 Å². The second-order valence-electron chi connectivity index (χ2n) is 9.24. The molecular formula is C27H23N9O6S3. The number of pyridine rings is 1. The number of oxime groups is 1. The molecule has 1 saturated heterocycles. The molecule has 45 heavy (non-hydrogen) atoms. The van der Waals surface area contributed by atoms with Crippen molar-refractivity contribution in [2.24, 2.45) is 5.16 Å². The normalized spacial score (nSPS) is 17.8. The Hall–Kier alpha value is -5.12. The molecule has 0 unspecified atom stereocenters. The summed E-state index contributed by atoms with van der Waals surface area (Å²) in [7, 11) is 0. The molecule has 3 amide bonds. The van der Waals surface area contributed by atoms with Crippen molar-refractivity contribution in [1.82, 2.24) is 25.5 Å². The van der Waals surface area contributed by atoms with Crippen molar-refractivity contribution in [3.8, 4) is 17.5 Å². The summed E-state index contributed by atoms with van der Waals surface area (Å²) in [5.41, 5.74) is 7.23. The van der Waals surface area contributed by atoms with E-state index in [2.05, 4.69) is 20.4 Å². The fourth-order valence-electron chi connectivity index (χ4n) is 4.38. The SMILES string of the molecule is CCO/N=C(\C(=O)N[C@@H]1C(=O)N2C(C(=O)[O-])=C(/C=C/C[n+]3ccc(-c4csc(C(=O)NC#N)n4)cc3)CS[C@H]12)c1csc(N)n1. The highest BCUT2D eigenvalue weighted by atomic mass is 32.2. The van der Waals surface area contributed by atoms with Crippen LogP contribution in [0.4, 0.5) is 5.13 Å². The maximum atomic E-state index is 13.1. The molecule has 2 aliphatic rings. The van der Waals surface area contributed by atoms with Crippen molar-refractivity contribution < 1.29 is 33.7 Å². The highest BCUT2D eigenvalue weighted by Gasteiger charge is 2.53. The number of rotatable bonds is 11. The van der Waals surface area contributed by atoms with Gasteiger partial charge in [0.05, 0.1) is 17.4 Å². The van der Waals surface area contributed by atoms with E-state index in [1.54, 1.807) is 43.0 Å². The summed E-state index contributed by atoms with van der Waals surface area (Å²) in [6.07, 6.45) is 8.56. The molecule has 5 heterocycles. The van der Waals surface area contributed by atoms with Crippen LogP contribution in [0, 0.1) is 11.5 Å². The van der Waals surface area contributed by atoms with Crippen molar-refractivity contribution in [3.05, 3.63) is 69.4 Å². The Morgan fingerprint density at radius 2 is 2.07 bits per heavy atom. The number of hydrogen-bond donors (Lipinski definition) is 3. The predicted octanol–water partition coefficient (Wildman–Crippen LogP) is -0.252. The number of hydrogen-bond acceptors (Lipinski definition) is 14. The number of allylic oxidation sites excluding steroid dienone is 2. The number of nitrogen functional groups attached to an aromatic ring is 1. The van der Waals surface area contributed by atoms with Gasteiger partial charge in [0.25, 0.3) is 17.7 Å². The Kier molecular flexibility index (Phi) is 9.51. The number of fused-ring (bicyclic) bond motifs is 1. The minimum absolute atomic E-state index is 0.152. The van der Waals surface area contributed by atoms with Crippen LogP contribution in [0.1, 0.15) is 22.4 Å². The van der Waals surface area contributed by atoms with Crippen LogP contribution in [0.5, 0.6) is 0 Å². The summed E-state index contributed by atoms with van der Waals surface area (Å²) in [6, 6.07) is 2.62. The summed E-state index contributed by atoms with van der Waals surface area (Å²) in [5.74, 6) is -3.11. The highest BCUT2D eigenvalue weighted by Crippen LogP contribution is 2.40. The molecule has 0 aromatic carbocycles. The lowest BCUT2D eigenvalue weighted by molar-refractivity contribution is -0.686. The van der Waals surface area contributed by atoms with Crippen molar-refractivity contribution in [3.63, 3.8) is 0 Å². The first-order valence-corrected chi connectivity index (χ1v) is 15.9. The second kappa shape index (κ2) is 13.7. The monoisotopic (exact) mass is 665 g/mol. The van der Waals surface area contributed by atoms with Crippen LogP contribution in [-0.2, 0) is 25.8 Å². The zero-order chi connectivity index (χ0) is 32.1. The van der Waals surface area contributed by atoms with Crippen molar-refractivity contribution in [2.45, 2.75) is 24.9 Å². The Morgan fingerprint density at radius 3 is 2.73 bits per heavy atom. The van der Waals surface area contributed by atoms with Gasteiger partial charge < -0.3 is 25.8 Å². The van der Waals surface area contributed by atoms with Gasteiger partial charge in [0.2, 0.25) is 0 Å². The zero-order valence-electron chi connectivity index (χ0n) is 23.3. The highest BCUT2D eigenvalue weighted by molar-refractivity contribution is 8.00. The Balaban J connectivity index is 1.24. The Labute approximate surface area is 267 Å². The number of carboxylic acids is 1. The first kappa shape index (κ1) is 31.3. The molecule has 2 atom stereocenters. The molecule has 2 aliphatic heterocycles. The lowest BCUT2D eigenvalue weighted by atomic mass is 10.0. The fraction of sp³-hybridized carbons (Fsp3) is 0.222. The van der Waals surface area contributed by atoms with Crippen molar-refractivity contribution in [1.29, 1.82) is 5.26 Å². The third-order valence-corrected chi connectivity index (χ3v) is 9.25. The molecule has 3 aromatic heterocycles. The molecule has 18 heteroatoms. The molecule has 15 nitrogen and oxygen atoms in total. The standard InChI is InChI=1S/C27H23N9O6S3/c1-2-42-34-18(17-12-45-27(29)32-17)21(37)33-19-24(39)36-20(26(40)41)15(10-44-25(19)36)4-3-7-35-8-5-14(6-9-35)16-11-43-23(31-16)22(38)30-13-28/h3-6,8-9,11-12,19,25H,2,7,10H2,1H3,(H4-,29,30,32,33,37,38,40,41)/b4-3+,34-18-/t19-,25-/m1/s1. The predicted molar refractivity (Wildman–Crippen MR) is 162 cm³/mol. The maximum absolute atomic E-state index is 13.1. The third kappa shape index (κ3) is 6.69. The molecule has 0 bridgehead atoms. The number of aliphatic carboxylic acids is 1. The Bertz CT molecular complexity index is 1790. The molecule has 3 aromatic rings. The molecule has 5 rings (SSSR count). The van der Waals surface area contributed by atoms with Gasteiger partial charge in [-0.2, -0.15) is 5.26 Å². The average Bonchev–Trinajstić information content (AvgIpc) is 3.70. The van der Waals surface area contributed by atoms with E-state index in [1.165, 1.54) is 17.1 Å². The van der Waals surface area contributed by atoms with E-state index in [4.69, 9.17) is 15.8 Å². The zero-order valence-corrected chi connectivity index (χ0v) is 25.8. The number of nitrogens with zero attached hydrogens (tertiary/aromatic N) is 6. The van der Waals surface area contributed by atoms with Crippen LogP contribution in [0.2, 0.25) is 0 Å². The fourth-order valence-corrected chi connectivity index (χ4v) is 6.97. The minimum atomic E-state index is -1.50. The number of carbonyl (C=O) groups excluding carboxylic acids is 4. The van der Waals surface area contributed by atoms with E-state index < -0.39 is 35.1 Å². The van der Waals surface area contributed by atoms with Crippen LogP contribution >= 0.6 is 34.4 Å². The summed E-state index contributed by atoms with van der Waals surface area (Å²) >= 11 is 3.54. The van der Waals surface area contributed by atoms with E-state index in [0.717, 1.165) is 33.1 Å². The van der Waals surface area contributed by atoms with E-state index in [9.17, 15) is 24.3 Å². The van der Waals surface area contributed by atoms with Crippen LogP contribution in [0.25, 0.3) is 11.3 Å². The van der Waals surface area contributed by atoms with Crippen LogP contribution in [0.3, 0.4) is 0 Å². The molecule has 0 radical (unpaired) electrons. The van der Waals surface area contributed by atoms with Gasteiger partial charge in [-0.15, -0.1) is 34.4 Å². The summed E-state index contributed by atoms with van der Waals surface area (Å²) < 4.78 is 1.84. The molecular weight excluding hydrogens is 643 g/mol. The van der Waals surface area contributed by atoms with E-state index in [1.807, 2.05) is 22.0 Å². The number of nitriles is 1. The summed E-state index contributed by atoms with van der Waals surface area (Å²) in [5, 5.41) is 32.2. The van der Waals surface area contributed by atoms with Gasteiger partial charge in [-0.3, -0.25) is 24.6 Å². The number of carboxylic acid groups (broad SMARTS) is 1. The second-order valence-corrected chi connectivity index (χ2v) is 12.1. The van der Waals surface area contributed by atoms with E-state index in [-0.39, 0.29) is 39.6 Å². The topological polar surface area (TPSA) is 220 Å². The van der Waals surface area contributed by atoms with Gasteiger partial charge in [0, 0.05) is 34.2 Å². The largest absolute Gasteiger partial charge is 0.543 e. The number of nitrogens with one attached hydrogen (secondary N) is 2. The molecule has 0 saturated carbocycles. The average molecular weight is 666 g/mol. The quantitative estimate of drug-likeness (QED) is 0.0605. The van der Waals surface area contributed by atoms with Crippen LogP contribution in [0.15, 0.2) is 63.9 Å². The van der Waals surface area contributed by atoms with Gasteiger partial charge >= 0.3 is 0 Å². The number of amides is 3. The molecule has 1 fully saturated rings. The first-order valence-electron chi connectivity index (χ1n) is 13.1. The lowest BCUT2D eigenvalue weighted by Crippen LogP contribution is -2.71. The van der Waals surface area contributed by atoms with E-state index >= 15 is 0 Å². The molecule has 0 spiro atoms. The number of carbonyl (C=O) groups is 4. The van der Waals surface area contributed by atoms with Crippen LogP contribution in [-0.4, -0.2) is 68.0 Å². The van der Waals surface area contributed by atoms with Gasteiger partial charge in [0.1, 0.15) is 23.7 Å². The number of anilines is 1. The number of nitrogens with two attached hydrogens (primary N) is 1. The Morgan fingerprint density at radius 1 is 1.29 bits per heavy atom. The van der Waals surface area contributed by atoms with Gasteiger partial charge in [-0.25, -0.2) is 14.5 Å². The van der Waals surface area contributed by atoms with Crippen LogP contribution < -0.4 is 26.0 Å². The minimum Gasteiger partial charge on any atom is -0.543 e. The number of thioether (sulfide) groups is 1. The lowest BCUT2D eigenvalue weighted by Gasteiger charge is -2.50. The molecule has 0 aliphatic carbocycles. The third-order valence-electron chi connectivity index (χ3n) is 6.43. The summed E-state index contributed by atoms with van der Waals surface area (Å²) in [6.45, 7) is 2.28. The maximum Gasteiger partial charge on any atom is 0.293 e. The number of thiazole rings is 2. The molecule has 4 N–H and O–H groups in total. The smallest absolute Gasteiger partial charge is 0.293 e. The number of β-lactam (4-membered cyclic amide) rings is 1. The van der Waals surface area contributed by atoms with Crippen molar-refractivity contribution >= 4 is 69.0 Å². The first-order chi connectivity index (χ1) is 21.7. The van der Waals surface area contributed by atoms with Gasteiger partial charge in [-0.1, -0.05) is 11.2 Å². The molecule has 230 valence electrons. The number of aromatic nitrogens is 3. The van der Waals surface area contributed by atoms with Gasteiger partial charge in [-0.05, 0) is 18.6 Å². The summed E-state index contributed by atoms with van der Waals surface area (Å²) in [4.78, 5) is 64.5. The van der Waals surface area contributed by atoms with E-state index in [0.29, 0.717) is 17.8 Å².